The first kappa shape index (κ1) is 33.4. The van der Waals surface area contributed by atoms with Crippen LogP contribution < -0.4 is 0 Å². The summed E-state index contributed by atoms with van der Waals surface area (Å²) in [6, 6.07) is 42.9. The summed E-state index contributed by atoms with van der Waals surface area (Å²) < 4.78 is 5.03. The standard InChI is InChI=1S/C55H43N3/c1-2-18-43(19-3-1)58-54-52(42-29-27-37-15-5-7-17-40(37)35-42)48-23-9-8-22-47(48)51(41-28-26-36-14-4-6-16-39(36)34-41)53(54)56-55(58)38-30-32-44(33-31-38)57-49-24-12-10-20-45(49)46-21-11-13-25-50(46)57/h2,4-10,13-20,22-23,25-34,42H,1,3,11-12,21,24,35H2. The fourth-order valence-electron chi connectivity index (χ4n) is 10.4. The lowest BCUT2D eigenvalue weighted by Gasteiger charge is -2.25. The van der Waals surface area contributed by atoms with Crippen molar-refractivity contribution in [1.29, 1.82) is 0 Å². The minimum absolute atomic E-state index is 0.181. The molecule has 0 saturated heterocycles. The number of aromatic nitrogens is 3. The second-order valence-electron chi connectivity index (χ2n) is 16.3. The molecule has 0 aliphatic heterocycles. The lowest BCUT2D eigenvalue weighted by Crippen LogP contribution is -2.10. The zero-order chi connectivity index (χ0) is 38.2. The molecule has 2 aromatic heterocycles. The predicted octanol–water partition coefficient (Wildman–Crippen LogP) is 13.9. The molecule has 6 aromatic carbocycles. The highest BCUT2D eigenvalue weighted by atomic mass is 15.1. The lowest BCUT2D eigenvalue weighted by atomic mass is 9.81. The summed E-state index contributed by atoms with van der Waals surface area (Å²) in [5.41, 5.74) is 18.0. The number of imidazole rings is 1. The van der Waals surface area contributed by atoms with Crippen LogP contribution >= 0.6 is 0 Å². The van der Waals surface area contributed by atoms with E-state index in [1.54, 1.807) is 0 Å². The van der Waals surface area contributed by atoms with Crippen LogP contribution in [0.2, 0.25) is 0 Å². The number of rotatable bonds is 5. The zero-order valence-corrected chi connectivity index (χ0v) is 32.5. The van der Waals surface area contributed by atoms with Crippen LogP contribution in [0.3, 0.4) is 0 Å². The number of nitrogens with zero attached hydrogens (tertiary/aromatic N) is 3. The summed E-state index contributed by atoms with van der Waals surface area (Å²) in [6.07, 6.45) is 28.6. The van der Waals surface area contributed by atoms with Gasteiger partial charge in [0.05, 0.1) is 11.0 Å². The van der Waals surface area contributed by atoms with Crippen LogP contribution in [-0.4, -0.2) is 14.1 Å². The van der Waals surface area contributed by atoms with Gasteiger partial charge in [-0.15, -0.1) is 0 Å². The van der Waals surface area contributed by atoms with E-state index in [1.165, 1.54) is 88.8 Å². The lowest BCUT2D eigenvalue weighted by molar-refractivity contribution is 0.836. The highest BCUT2D eigenvalue weighted by molar-refractivity contribution is 6.15. The molecule has 3 heteroatoms. The third-order valence-corrected chi connectivity index (χ3v) is 13.0. The van der Waals surface area contributed by atoms with E-state index < -0.39 is 0 Å². The Balaban J connectivity index is 1.14. The first-order valence-corrected chi connectivity index (χ1v) is 21.1. The van der Waals surface area contributed by atoms with Crippen molar-refractivity contribution in [3.8, 4) is 28.2 Å². The van der Waals surface area contributed by atoms with Gasteiger partial charge in [0.25, 0.3) is 0 Å². The molecule has 8 aromatic rings. The summed E-state index contributed by atoms with van der Waals surface area (Å²) in [5, 5.41) is 5.02. The summed E-state index contributed by atoms with van der Waals surface area (Å²) in [4.78, 5) is 5.83. The Morgan fingerprint density at radius 1 is 0.603 bits per heavy atom. The van der Waals surface area contributed by atoms with Gasteiger partial charge in [-0.05, 0) is 142 Å². The number of benzene rings is 6. The van der Waals surface area contributed by atoms with E-state index >= 15 is 0 Å². The van der Waals surface area contributed by atoms with Gasteiger partial charge in [0.1, 0.15) is 5.82 Å². The first-order valence-electron chi connectivity index (χ1n) is 21.1. The van der Waals surface area contributed by atoms with E-state index in [0.717, 1.165) is 61.9 Å². The van der Waals surface area contributed by atoms with Crippen LogP contribution in [-0.2, 0) is 19.3 Å². The summed E-state index contributed by atoms with van der Waals surface area (Å²) >= 11 is 0. The molecule has 0 radical (unpaired) electrons. The van der Waals surface area contributed by atoms with Gasteiger partial charge in [-0.25, -0.2) is 4.98 Å². The molecular weight excluding hydrogens is 703 g/mol. The molecule has 0 amide bonds. The maximum Gasteiger partial charge on any atom is 0.145 e. The van der Waals surface area contributed by atoms with Gasteiger partial charge >= 0.3 is 0 Å². The van der Waals surface area contributed by atoms with Crippen molar-refractivity contribution in [2.45, 2.75) is 50.9 Å². The molecule has 1 unspecified atom stereocenters. The average Bonchev–Trinajstić information content (AvgIpc) is 3.85. The zero-order valence-electron chi connectivity index (χ0n) is 32.5. The quantitative estimate of drug-likeness (QED) is 0.172. The van der Waals surface area contributed by atoms with Crippen LogP contribution in [0.1, 0.15) is 70.8 Å². The Bertz CT molecular complexity index is 3140. The molecule has 1 atom stereocenters. The van der Waals surface area contributed by atoms with Gasteiger partial charge < -0.3 is 4.57 Å². The van der Waals surface area contributed by atoms with Gasteiger partial charge in [0.2, 0.25) is 0 Å². The molecule has 0 N–H and O–H groups in total. The Morgan fingerprint density at radius 2 is 1.38 bits per heavy atom. The molecule has 12 rings (SSSR count). The Kier molecular flexibility index (Phi) is 7.76. The Labute approximate surface area is 339 Å². The SMILES string of the molecule is C1=CC(n2c(-c3ccc(-n4c5c(c6c4CCC=C6)CCC=C5)cc3)nc3c(-c4ccc5ccccc5c4)c4ccccc4c(C4C=Cc5ccccc5C4)c32)=CCC1. The summed E-state index contributed by atoms with van der Waals surface area (Å²) in [7, 11) is 0. The molecule has 58 heavy (non-hydrogen) atoms. The van der Waals surface area contributed by atoms with Crippen molar-refractivity contribution >= 4 is 56.5 Å². The number of fused-ring (bicyclic) bond motifs is 7. The maximum atomic E-state index is 5.83. The molecule has 0 bridgehead atoms. The van der Waals surface area contributed by atoms with Gasteiger partial charge in [-0.1, -0.05) is 127 Å². The second kappa shape index (κ2) is 13.5. The van der Waals surface area contributed by atoms with Crippen LogP contribution in [0.5, 0.6) is 0 Å². The van der Waals surface area contributed by atoms with Crippen molar-refractivity contribution in [1.82, 2.24) is 14.1 Å². The Morgan fingerprint density at radius 3 is 2.28 bits per heavy atom. The maximum absolute atomic E-state index is 5.83. The minimum atomic E-state index is 0.181. The average molecular weight is 746 g/mol. The molecule has 0 spiro atoms. The smallest absolute Gasteiger partial charge is 0.145 e. The second-order valence-corrected chi connectivity index (χ2v) is 16.3. The first-order chi connectivity index (χ1) is 28.8. The highest BCUT2D eigenvalue weighted by Gasteiger charge is 2.30. The van der Waals surface area contributed by atoms with Crippen LogP contribution in [0.4, 0.5) is 0 Å². The summed E-state index contributed by atoms with van der Waals surface area (Å²) in [5.74, 6) is 1.16. The van der Waals surface area contributed by atoms with Gasteiger partial charge in [0.15, 0.2) is 0 Å². The van der Waals surface area contributed by atoms with E-state index in [0.29, 0.717) is 0 Å². The third kappa shape index (κ3) is 5.23. The number of hydrogen-bond acceptors (Lipinski definition) is 1. The Hall–Kier alpha value is -6.71. The fraction of sp³-hybridized carbons (Fsp3) is 0.145. The molecule has 278 valence electrons. The van der Waals surface area contributed by atoms with E-state index in [1.807, 2.05) is 0 Å². The van der Waals surface area contributed by atoms with E-state index in [9.17, 15) is 0 Å². The van der Waals surface area contributed by atoms with Gasteiger partial charge in [-0.3, -0.25) is 4.57 Å². The minimum Gasteiger partial charge on any atom is -0.313 e. The van der Waals surface area contributed by atoms with Crippen LogP contribution in [0.25, 0.3) is 84.7 Å². The van der Waals surface area contributed by atoms with Crippen molar-refractivity contribution in [3.05, 3.63) is 191 Å². The van der Waals surface area contributed by atoms with Crippen LogP contribution in [0.15, 0.2) is 152 Å². The topological polar surface area (TPSA) is 22.8 Å². The van der Waals surface area contributed by atoms with E-state index in [2.05, 4.69) is 179 Å². The van der Waals surface area contributed by atoms with Crippen molar-refractivity contribution < 1.29 is 0 Å². The fourth-order valence-corrected chi connectivity index (χ4v) is 10.4. The van der Waals surface area contributed by atoms with E-state index in [4.69, 9.17) is 4.98 Å². The third-order valence-electron chi connectivity index (χ3n) is 13.0. The normalized spacial score (nSPS) is 16.8. The molecule has 4 aliphatic rings. The summed E-state index contributed by atoms with van der Waals surface area (Å²) in [6.45, 7) is 0. The monoisotopic (exact) mass is 745 g/mol. The molecule has 0 saturated carbocycles. The molecule has 2 heterocycles. The van der Waals surface area contributed by atoms with Gasteiger partial charge in [0, 0.05) is 39.8 Å². The highest BCUT2D eigenvalue weighted by Crippen LogP contribution is 2.47. The van der Waals surface area contributed by atoms with Gasteiger partial charge in [-0.2, -0.15) is 0 Å². The molecule has 0 fully saturated rings. The van der Waals surface area contributed by atoms with Crippen molar-refractivity contribution in [2.75, 3.05) is 0 Å². The predicted molar refractivity (Wildman–Crippen MR) is 244 cm³/mol. The van der Waals surface area contributed by atoms with Crippen molar-refractivity contribution in [3.63, 3.8) is 0 Å². The van der Waals surface area contributed by atoms with Crippen LogP contribution in [0, 0.1) is 0 Å². The number of allylic oxidation sites excluding steroid dienone is 7. The molecule has 3 nitrogen and oxygen atoms in total. The molecular formula is C55H43N3. The van der Waals surface area contributed by atoms with E-state index in [-0.39, 0.29) is 5.92 Å². The number of hydrogen-bond donors (Lipinski definition) is 0. The van der Waals surface area contributed by atoms with Crippen molar-refractivity contribution in [2.24, 2.45) is 0 Å². The molecule has 4 aliphatic carbocycles. The largest absolute Gasteiger partial charge is 0.313 e.